The predicted octanol–water partition coefficient (Wildman–Crippen LogP) is -0.382. The quantitative estimate of drug-likeness (QED) is 0.486. The van der Waals surface area contributed by atoms with Crippen LogP contribution in [0.15, 0.2) is 18.2 Å². The van der Waals surface area contributed by atoms with E-state index in [1.54, 1.807) is 13.0 Å². The van der Waals surface area contributed by atoms with Crippen molar-refractivity contribution in [1.29, 1.82) is 0 Å². The molecule has 0 aliphatic heterocycles. The van der Waals surface area contributed by atoms with E-state index >= 15 is 0 Å². The number of carboxylic acids is 1. The van der Waals surface area contributed by atoms with Crippen molar-refractivity contribution in [1.82, 2.24) is 0 Å². The number of carboxylic acid groups (broad SMARTS) is 1. The van der Waals surface area contributed by atoms with Crippen LogP contribution in [0, 0.1) is 12.7 Å². The maximum absolute atomic E-state index is 13.5. The molecule has 0 saturated carbocycles. The van der Waals surface area contributed by atoms with Gasteiger partial charge in [0.25, 0.3) is 0 Å². The van der Waals surface area contributed by atoms with Crippen molar-refractivity contribution < 1.29 is 38.3 Å². The molecule has 0 aliphatic rings. The molecule has 9 heteroatoms. The van der Waals surface area contributed by atoms with Crippen LogP contribution in [0.5, 0.6) is 5.75 Å². The second-order valence-electron chi connectivity index (χ2n) is 4.68. The van der Waals surface area contributed by atoms with E-state index in [9.17, 15) is 13.8 Å². The van der Waals surface area contributed by atoms with Gasteiger partial charge in [-0.15, -0.1) is 0 Å². The molecule has 7 nitrogen and oxygen atoms in total. The van der Waals surface area contributed by atoms with E-state index < -0.39 is 32.2 Å². The minimum absolute atomic E-state index is 0.0199. The molecule has 0 aliphatic carbocycles. The van der Waals surface area contributed by atoms with Crippen LogP contribution in [0.3, 0.4) is 0 Å². The first-order valence-electron chi connectivity index (χ1n) is 6.16. The van der Waals surface area contributed by atoms with Gasteiger partial charge in [0.15, 0.2) is 24.4 Å². The molecular weight excluding hydrogens is 304 g/mol. The van der Waals surface area contributed by atoms with Gasteiger partial charge in [0, 0.05) is 0 Å². The molecule has 1 aromatic rings. The average molecular weight is 322 g/mol. The lowest BCUT2D eigenvalue weighted by Gasteiger charge is -2.18. The van der Waals surface area contributed by atoms with Gasteiger partial charge >= 0.3 is 13.6 Å². The van der Waals surface area contributed by atoms with E-state index in [4.69, 9.17) is 19.6 Å². The van der Waals surface area contributed by atoms with Crippen molar-refractivity contribution in [3.05, 3.63) is 29.6 Å². The summed E-state index contributed by atoms with van der Waals surface area (Å²) in [6.45, 7) is 1.25. The number of aliphatic carboxylic acids is 1. The Hall–Kier alpha value is -1.47. The van der Waals surface area contributed by atoms with Crippen LogP contribution in [0.25, 0.3) is 0 Å². The zero-order valence-electron chi connectivity index (χ0n) is 11.5. The highest BCUT2D eigenvalue weighted by molar-refractivity contribution is 7.51. The van der Waals surface area contributed by atoms with Crippen molar-refractivity contribution in [2.45, 2.75) is 6.92 Å². The molecule has 1 aromatic carbocycles. The van der Waals surface area contributed by atoms with Crippen LogP contribution in [0.2, 0.25) is 0 Å². The van der Waals surface area contributed by atoms with E-state index in [2.05, 4.69) is 0 Å². The minimum Gasteiger partial charge on any atom is -0.485 e. The first kappa shape index (κ1) is 17.6. The molecule has 21 heavy (non-hydrogen) atoms. The summed E-state index contributed by atoms with van der Waals surface area (Å²) in [7, 11) is -4.34. The minimum atomic E-state index is -4.34. The number of hydrogen-bond acceptors (Lipinski definition) is 3. The van der Waals surface area contributed by atoms with Gasteiger partial charge in [0.2, 0.25) is 0 Å². The van der Waals surface area contributed by atoms with E-state index in [1.165, 1.54) is 12.1 Å². The number of ether oxygens (including phenoxy) is 1. The molecule has 0 saturated heterocycles. The van der Waals surface area contributed by atoms with Gasteiger partial charge in [-0.05, 0) is 24.6 Å². The molecule has 1 atom stereocenters. The first-order chi connectivity index (χ1) is 9.67. The fourth-order valence-electron chi connectivity index (χ4n) is 1.76. The largest absolute Gasteiger partial charge is 0.485 e. The Bertz CT molecular complexity index is 547. The van der Waals surface area contributed by atoms with Gasteiger partial charge in [-0.1, -0.05) is 6.07 Å². The number of nitrogens with one attached hydrogen (secondary N) is 1. The van der Waals surface area contributed by atoms with Crippen molar-refractivity contribution in [3.8, 4) is 5.75 Å². The Kier molecular flexibility index (Phi) is 6.29. The summed E-state index contributed by atoms with van der Waals surface area (Å²) in [5, 5.41) is 8.70. The third-order valence-electron chi connectivity index (χ3n) is 2.63. The molecule has 0 radical (unpaired) electrons. The van der Waals surface area contributed by atoms with Crippen LogP contribution in [0.1, 0.15) is 5.56 Å². The van der Waals surface area contributed by atoms with E-state index in [1.807, 2.05) is 0 Å². The molecular formula is C12H18FNO6P+. The maximum atomic E-state index is 13.5. The van der Waals surface area contributed by atoms with E-state index in [0.717, 1.165) is 5.56 Å². The monoisotopic (exact) mass is 322 g/mol. The second-order valence-corrected chi connectivity index (χ2v) is 6.32. The van der Waals surface area contributed by atoms with Crippen LogP contribution >= 0.6 is 7.60 Å². The maximum Gasteiger partial charge on any atom is 0.379 e. The predicted molar refractivity (Wildman–Crippen MR) is 71.9 cm³/mol. The molecule has 1 rings (SSSR count). The number of hydrogen-bond donors (Lipinski definition) is 4. The van der Waals surface area contributed by atoms with Gasteiger partial charge in [0.1, 0.15) is 13.2 Å². The summed E-state index contributed by atoms with van der Waals surface area (Å²) >= 11 is 0. The molecule has 0 bridgehead atoms. The van der Waals surface area contributed by atoms with Gasteiger partial charge < -0.3 is 24.5 Å². The molecule has 0 spiro atoms. The number of benzene rings is 1. The second kappa shape index (κ2) is 7.51. The Morgan fingerprint density at radius 2 is 2.10 bits per heavy atom. The van der Waals surface area contributed by atoms with Crippen molar-refractivity contribution >= 4 is 13.6 Å². The molecule has 0 aromatic heterocycles. The van der Waals surface area contributed by atoms with Gasteiger partial charge in [0.05, 0.1) is 0 Å². The summed E-state index contributed by atoms with van der Waals surface area (Å²) < 4.78 is 29.6. The normalized spacial score (nSPS) is 13.0. The fraction of sp³-hybridized carbons (Fsp3) is 0.417. The molecule has 0 amide bonds. The van der Waals surface area contributed by atoms with E-state index in [0.29, 0.717) is 0 Å². The van der Waals surface area contributed by atoms with Crippen LogP contribution < -0.4 is 9.64 Å². The third-order valence-corrected chi connectivity index (χ3v) is 3.49. The molecule has 118 valence electrons. The molecule has 1 unspecified atom stereocenters. The Balaban J connectivity index is 2.56. The van der Waals surface area contributed by atoms with Crippen molar-refractivity contribution in [2.75, 3.05) is 26.0 Å². The highest BCUT2D eigenvalue weighted by atomic mass is 31.2. The van der Waals surface area contributed by atoms with Gasteiger partial charge in [-0.25, -0.2) is 9.18 Å². The lowest BCUT2D eigenvalue weighted by Crippen LogP contribution is -3.13. The number of halogens is 1. The topological polar surface area (TPSA) is 108 Å². The summed E-state index contributed by atoms with van der Waals surface area (Å²) in [5.74, 6) is -1.70. The number of aryl methyl sites for hydroxylation is 1. The summed E-state index contributed by atoms with van der Waals surface area (Å²) in [4.78, 5) is 28.6. The Morgan fingerprint density at radius 1 is 1.43 bits per heavy atom. The number of quaternary nitrogens is 1. The number of rotatable bonds is 8. The van der Waals surface area contributed by atoms with Crippen LogP contribution in [-0.2, 0) is 9.36 Å². The first-order valence-corrected chi connectivity index (χ1v) is 7.96. The van der Waals surface area contributed by atoms with Crippen LogP contribution in [0.4, 0.5) is 4.39 Å². The SMILES string of the molecule is Cc1ccc(OCC[NH+](CC(=O)O)CP(=O)(O)O)c(F)c1. The summed E-state index contributed by atoms with van der Waals surface area (Å²) in [5.41, 5.74) is 0.736. The Labute approximate surface area is 121 Å². The molecule has 4 N–H and O–H groups in total. The zero-order chi connectivity index (χ0) is 16.0. The van der Waals surface area contributed by atoms with Crippen molar-refractivity contribution in [3.63, 3.8) is 0 Å². The zero-order valence-corrected chi connectivity index (χ0v) is 12.3. The smallest absolute Gasteiger partial charge is 0.379 e. The average Bonchev–Trinajstić information content (AvgIpc) is 2.28. The lowest BCUT2D eigenvalue weighted by atomic mass is 10.2. The number of carbonyl (C=O) groups is 1. The molecule has 0 fully saturated rings. The summed E-state index contributed by atoms with van der Waals surface area (Å²) in [6.07, 6.45) is -0.612. The summed E-state index contributed by atoms with van der Waals surface area (Å²) in [6, 6.07) is 4.41. The van der Waals surface area contributed by atoms with Gasteiger partial charge in [-0.3, -0.25) is 4.57 Å². The fourth-order valence-corrected chi connectivity index (χ4v) is 2.61. The lowest BCUT2D eigenvalue weighted by molar-refractivity contribution is -0.881. The highest BCUT2D eigenvalue weighted by Gasteiger charge is 2.24. The van der Waals surface area contributed by atoms with E-state index in [-0.39, 0.29) is 23.8 Å². The molecule has 0 heterocycles. The van der Waals surface area contributed by atoms with Crippen LogP contribution in [-0.4, -0.2) is 46.8 Å². The highest BCUT2D eigenvalue weighted by Crippen LogP contribution is 2.30. The van der Waals surface area contributed by atoms with Crippen molar-refractivity contribution in [2.24, 2.45) is 0 Å². The third kappa shape index (κ3) is 7.19. The Morgan fingerprint density at radius 3 is 2.62 bits per heavy atom. The standard InChI is InChI=1S/C12H17FNO6P/c1-9-2-3-11(10(13)6-9)20-5-4-14(7-12(15)16)8-21(17,18)19/h2-3,6H,4-5,7-8H2,1H3,(H,15,16)(H2,17,18,19)/p+1. The van der Waals surface area contributed by atoms with Gasteiger partial charge in [-0.2, -0.15) is 0 Å².